The van der Waals surface area contributed by atoms with E-state index >= 15 is 0 Å². The molecule has 3 rings (SSSR count). The van der Waals surface area contributed by atoms with Crippen LogP contribution in [0.15, 0.2) is 12.1 Å². The van der Waals surface area contributed by atoms with Gasteiger partial charge in [0.1, 0.15) is 24.0 Å². The zero-order valence-corrected chi connectivity index (χ0v) is 16.5. The van der Waals surface area contributed by atoms with Gasteiger partial charge in [-0.1, -0.05) is 12.1 Å². The molecule has 0 saturated carbocycles. The molecular formula is C20H29N3O4. The van der Waals surface area contributed by atoms with Crippen molar-refractivity contribution in [1.29, 1.82) is 0 Å². The largest absolute Gasteiger partial charge is 0.490 e. The number of ether oxygens (including phenoxy) is 1. The number of hydrogen-bond donors (Lipinski definition) is 2. The summed E-state index contributed by atoms with van der Waals surface area (Å²) in [5, 5.41) is 13.2. The van der Waals surface area contributed by atoms with Crippen LogP contribution in [0.3, 0.4) is 0 Å². The number of nitrogens with one attached hydrogen (secondary N) is 1. The van der Waals surface area contributed by atoms with Gasteiger partial charge in [0.25, 0.3) is 5.91 Å². The van der Waals surface area contributed by atoms with Crippen LogP contribution in [0.4, 0.5) is 4.79 Å². The quantitative estimate of drug-likeness (QED) is 0.760. The molecule has 0 bridgehead atoms. The highest BCUT2D eigenvalue weighted by atomic mass is 16.5. The molecule has 2 N–H and O–H groups in total. The monoisotopic (exact) mass is 375 g/mol. The predicted molar refractivity (Wildman–Crippen MR) is 102 cm³/mol. The minimum Gasteiger partial charge on any atom is -0.490 e. The van der Waals surface area contributed by atoms with Crippen molar-refractivity contribution in [2.24, 2.45) is 0 Å². The van der Waals surface area contributed by atoms with Gasteiger partial charge in [-0.15, -0.1) is 0 Å². The molecule has 3 amide bonds. The Bertz CT molecular complexity index is 741. The van der Waals surface area contributed by atoms with E-state index in [1.165, 1.54) is 0 Å². The summed E-state index contributed by atoms with van der Waals surface area (Å²) in [6.45, 7) is 7.42. The van der Waals surface area contributed by atoms with Crippen molar-refractivity contribution in [2.45, 2.75) is 45.3 Å². The Morgan fingerprint density at radius 1 is 1.19 bits per heavy atom. The summed E-state index contributed by atoms with van der Waals surface area (Å²) in [5.41, 5.74) is 2.32. The number of aliphatic hydroxyl groups is 1. The number of rotatable bonds is 5. The number of amides is 3. The summed E-state index contributed by atoms with van der Waals surface area (Å²) in [7, 11) is 2.00. The molecular weight excluding hydrogens is 346 g/mol. The fourth-order valence-corrected chi connectivity index (χ4v) is 3.77. The summed E-state index contributed by atoms with van der Waals surface area (Å²) in [6, 6.07) is 3.58. The van der Waals surface area contributed by atoms with E-state index in [0.29, 0.717) is 12.8 Å². The molecule has 2 heterocycles. The van der Waals surface area contributed by atoms with E-state index in [-0.39, 0.29) is 19.1 Å². The smallest absolute Gasteiger partial charge is 0.325 e. The lowest BCUT2D eigenvalue weighted by Gasteiger charge is -2.35. The summed E-state index contributed by atoms with van der Waals surface area (Å²) >= 11 is 0. The molecule has 2 fully saturated rings. The molecule has 0 aromatic heterocycles. The topological polar surface area (TPSA) is 82.1 Å². The molecule has 27 heavy (non-hydrogen) atoms. The second-order valence-electron chi connectivity index (χ2n) is 7.85. The number of aryl methyl sites for hydroxylation is 2. The van der Waals surface area contributed by atoms with Crippen molar-refractivity contribution in [3.63, 3.8) is 0 Å². The van der Waals surface area contributed by atoms with Gasteiger partial charge in [-0.3, -0.25) is 9.69 Å². The molecule has 7 heteroatoms. The Balaban J connectivity index is 1.61. The number of likely N-dealkylation sites (tertiary alicyclic amines) is 1. The van der Waals surface area contributed by atoms with Crippen molar-refractivity contribution in [1.82, 2.24) is 15.1 Å². The maximum Gasteiger partial charge on any atom is 0.325 e. The number of imide groups is 1. The van der Waals surface area contributed by atoms with Gasteiger partial charge in [0.2, 0.25) is 0 Å². The van der Waals surface area contributed by atoms with Gasteiger partial charge in [-0.2, -0.15) is 0 Å². The van der Waals surface area contributed by atoms with Crippen LogP contribution >= 0.6 is 0 Å². The zero-order chi connectivity index (χ0) is 19.8. The molecule has 2 aliphatic rings. The van der Waals surface area contributed by atoms with Crippen molar-refractivity contribution in [3.8, 4) is 5.75 Å². The lowest BCUT2D eigenvalue weighted by Crippen LogP contribution is -2.54. The van der Waals surface area contributed by atoms with Crippen molar-refractivity contribution >= 4 is 11.9 Å². The molecule has 0 radical (unpaired) electrons. The number of aliphatic hydroxyl groups excluding tert-OH is 1. The van der Waals surface area contributed by atoms with Crippen molar-refractivity contribution in [3.05, 3.63) is 28.8 Å². The number of carbonyl (C=O) groups is 2. The second kappa shape index (κ2) is 7.48. The maximum atomic E-state index is 12.8. The Labute approximate surface area is 160 Å². The highest BCUT2D eigenvalue weighted by molar-refractivity contribution is 6.07. The molecule has 2 saturated heterocycles. The molecule has 0 aliphatic carbocycles. The second-order valence-corrected chi connectivity index (χ2v) is 7.85. The van der Waals surface area contributed by atoms with Gasteiger partial charge in [0, 0.05) is 13.1 Å². The highest BCUT2D eigenvalue weighted by Crippen LogP contribution is 2.29. The number of carbonyl (C=O) groups excluding carboxylic acids is 2. The average molecular weight is 375 g/mol. The van der Waals surface area contributed by atoms with Gasteiger partial charge in [0.15, 0.2) is 0 Å². The summed E-state index contributed by atoms with van der Waals surface area (Å²) in [5.74, 6) is 0.514. The van der Waals surface area contributed by atoms with E-state index in [2.05, 4.69) is 10.2 Å². The van der Waals surface area contributed by atoms with E-state index < -0.39 is 17.7 Å². The summed E-state index contributed by atoms with van der Waals surface area (Å²) in [6.07, 6.45) is 0.248. The fraction of sp³-hybridized carbons (Fsp3) is 0.600. The molecule has 7 nitrogen and oxygen atoms in total. The van der Waals surface area contributed by atoms with Crippen LogP contribution in [0, 0.1) is 20.8 Å². The van der Waals surface area contributed by atoms with E-state index in [4.69, 9.17) is 4.74 Å². The van der Waals surface area contributed by atoms with Gasteiger partial charge in [-0.05, 0) is 57.4 Å². The third-order valence-corrected chi connectivity index (χ3v) is 5.77. The van der Waals surface area contributed by atoms with E-state index in [1.807, 2.05) is 40.0 Å². The minimum absolute atomic E-state index is 0.0257. The van der Waals surface area contributed by atoms with Crippen LogP contribution in [0.1, 0.15) is 29.5 Å². The number of hydrogen-bond acceptors (Lipinski definition) is 5. The van der Waals surface area contributed by atoms with Crippen LogP contribution in [0.2, 0.25) is 0 Å². The first-order valence-electron chi connectivity index (χ1n) is 9.44. The van der Waals surface area contributed by atoms with Crippen LogP contribution in [0.25, 0.3) is 0 Å². The third-order valence-electron chi connectivity index (χ3n) is 5.77. The first kappa shape index (κ1) is 19.6. The summed E-state index contributed by atoms with van der Waals surface area (Å²) in [4.78, 5) is 28.4. The Hall–Kier alpha value is -2.12. The van der Waals surface area contributed by atoms with Crippen LogP contribution in [-0.4, -0.2) is 71.8 Å². The van der Waals surface area contributed by atoms with Gasteiger partial charge >= 0.3 is 6.03 Å². The Kier molecular flexibility index (Phi) is 5.44. The lowest BCUT2D eigenvalue weighted by atomic mass is 9.87. The van der Waals surface area contributed by atoms with Crippen LogP contribution in [0.5, 0.6) is 5.75 Å². The number of β-amino-alcohol motifs (C(OH)–C–C–N with tert-alkyl or cyclic N) is 1. The van der Waals surface area contributed by atoms with Gasteiger partial charge in [-0.25, -0.2) is 4.79 Å². The normalized spacial score (nSPS) is 20.9. The number of benzene rings is 1. The van der Waals surface area contributed by atoms with Gasteiger partial charge in [0.05, 0.1) is 6.54 Å². The standard InChI is InChI=1S/C20H29N3O4/c1-13-5-6-14(2)17(15(13)3)27-12-16(24)11-23-18(25)20(21-19(23)26)7-9-22(4)10-8-20/h5-6,16,24H,7-12H2,1-4H3,(H,21,26). The van der Waals surface area contributed by atoms with Crippen molar-refractivity contribution < 1.29 is 19.4 Å². The summed E-state index contributed by atoms with van der Waals surface area (Å²) < 4.78 is 5.82. The zero-order valence-electron chi connectivity index (χ0n) is 16.5. The maximum absolute atomic E-state index is 12.8. The van der Waals surface area contributed by atoms with Gasteiger partial charge < -0.3 is 20.1 Å². The van der Waals surface area contributed by atoms with Crippen LogP contribution < -0.4 is 10.1 Å². The number of nitrogens with zero attached hydrogens (tertiary/aromatic N) is 2. The Morgan fingerprint density at radius 3 is 2.48 bits per heavy atom. The number of piperidine rings is 1. The van der Waals surface area contributed by atoms with E-state index in [9.17, 15) is 14.7 Å². The molecule has 1 unspecified atom stereocenters. The molecule has 2 aliphatic heterocycles. The molecule has 148 valence electrons. The SMILES string of the molecule is Cc1ccc(C)c(OCC(O)CN2C(=O)NC3(CCN(C)CC3)C2=O)c1C. The first-order valence-corrected chi connectivity index (χ1v) is 9.44. The fourth-order valence-electron chi connectivity index (χ4n) is 3.77. The van der Waals surface area contributed by atoms with E-state index in [1.54, 1.807) is 0 Å². The minimum atomic E-state index is -0.944. The predicted octanol–water partition coefficient (Wildman–Crippen LogP) is 1.37. The number of urea groups is 1. The van der Waals surface area contributed by atoms with E-state index in [0.717, 1.165) is 40.4 Å². The Morgan fingerprint density at radius 2 is 1.81 bits per heavy atom. The molecule has 1 aromatic carbocycles. The highest BCUT2D eigenvalue weighted by Gasteiger charge is 2.52. The third kappa shape index (κ3) is 3.80. The lowest BCUT2D eigenvalue weighted by molar-refractivity contribution is -0.134. The molecule has 1 spiro atoms. The first-order chi connectivity index (χ1) is 12.7. The van der Waals surface area contributed by atoms with Crippen molar-refractivity contribution in [2.75, 3.05) is 33.3 Å². The molecule has 1 aromatic rings. The molecule has 1 atom stereocenters. The van der Waals surface area contributed by atoms with Crippen LogP contribution in [-0.2, 0) is 4.79 Å². The average Bonchev–Trinajstić information content (AvgIpc) is 2.85.